The van der Waals surface area contributed by atoms with Gasteiger partial charge in [-0.2, -0.15) is 0 Å². The average Bonchev–Trinajstić information content (AvgIpc) is 3.58. The fourth-order valence-corrected chi connectivity index (χ4v) is 5.95. The van der Waals surface area contributed by atoms with E-state index in [0.717, 1.165) is 11.3 Å². The number of amides is 3. The third-order valence-corrected chi connectivity index (χ3v) is 7.57. The predicted molar refractivity (Wildman–Crippen MR) is 118 cm³/mol. The Kier molecular flexibility index (Phi) is 4.40. The lowest BCUT2D eigenvalue weighted by Crippen LogP contribution is -2.40. The van der Waals surface area contributed by atoms with Gasteiger partial charge in [-0.15, -0.1) is 0 Å². The van der Waals surface area contributed by atoms with Gasteiger partial charge in [0.05, 0.1) is 16.9 Å². The normalized spacial score (nSPS) is 31.3. The highest BCUT2D eigenvalue weighted by Crippen LogP contribution is 2.65. The number of nitrogens with zero attached hydrogens (tertiary/aromatic N) is 1. The van der Waals surface area contributed by atoms with Crippen molar-refractivity contribution in [3.8, 4) is 11.5 Å². The number of hydrogen-bond acceptors (Lipinski definition) is 4. The Bertz CT molecular complexity index is 1120. The number of para-hydroxylation sites is 1. The van der Waals surface area contributed by atoms with Gasteiger partial charge in [-0.05, 0) is 66.5 Å². The van der Waals surface area contributed by atoms with E-state index in [1.165, 1.54) is 0 Å². The van der Waals surface area contributed by atoms with Gasteiger partial charge in [0.15, 0.2) is 0 Å². The molecule has 2 bridgehead atoms. The van der Waals surface area contributed by atoms with Crippen molar-refractivity contribution < 1.29 is 19.1 Å². The number of carbonyl (C=O) groups is 3. The minimum absolute atomic E-state index is 0.158. The highest BCUT2D eigenvalue weighted by molar-refractivity contribution is 6.32. The molecule has 5 aliphatic rings. The van der Waals surface area contributed by atoms with Crippen LogP contribution in [0, 0.1) is 35.5 Å². The summed E-state index contributed by atoms with van der Waals surface area (Å²) in [6, 6.07) is 14.0. The number of likely N-dealkylation sites (tertiary alicyclic amines) is 1. The summed E-state index contributed by atoms with van der Waals surface area (Å²) in [4.78, 5) is 39.8. The second kappa shape index (κ2) is 7.20. The maximum absolute atomic E-state index is 13.0. The van der Waals surface area contributed by atoms with E-state index in [-0.39, 0.29) is 42.0 Å². The molecular weight excluding hydrogens is 428 g/mol. The van der Waals surface area contributed by atoms with Crippen LogP contribution in [0.15, 0.2) is 60.7 Å². The first-order valence-corrected chi connectivity index (χ1v) is 11.2. The zero-order chi connectivity index (χ0) is 22.0. The van der Waals surface area contributed by atoms with Crippen molar-refractivity contribution in [2.75, 3.05) is 11.9 Å². The van der Waals surface area contributed by atoms with Crippen molar-refractivity contribution in [3.63, 3.8) is 0 Å². The van der Waals surface area contributed by atoms with Crippen LogP contribution < -0.4 is 10.1 Å². The second-order valence-electron chi connectivity index (χ2n) is 9.02. The highest BCUT2D eigenvalue weighted by atomic mass is 35.5. The predicted octanol–water partition coefficient (Wildman–Crippen LogP) is 4.12. The van der Waals surface area contributed by atoms with E-state index in [2.05, 4.69) is 17.5 Å². The Morgan fingerprint density at radius 3 is 2.22 bits per heavy atom. The molecule has 4 aliphatic carbocycles. The van der Waals surface area contributed by atoms with E-state index in [0.29, 0.717) is 34.0 Å². The first-order valence-electron chi connectivity index (χ1n) is 10.9. The molecule has 7 rings (SSSR count). The van der Waals surface area contributed by atoms with Crippen molar-refractivity contribution in [3.05, 3.63) is 65.7 Å². The van der Waals surface area contributed by atoms with E-state index in [1.807, 2.05) is 12.1 Å². The Balaban J connectivity index is 1.10. The van der Waals surface area contributed by atoms with Gasteiger partial charge in [0.2, 0.25) is 17.7 Å². The van der Waals surface area contributed by atoms with Crippen LogP contribution >= 0.6 is 11.6 Å². The van der Waals surface area contributed by atoms with Gasteiger partial charge in [-0.3, -0.25) is 19.3 Å². The smallest absolute Gasteiger partial charge is 0.244 e. The van der Waals surface area contributed by atoms with Crippen LogP contribution in [0.5, 0.6) is 11.5 Å². The number of halogens is 1. The Labute approximate surface area is 190 Å². The lowest BCUT2D eigenvalue weighted by Gasteiger charge is -2.37. The van der Waals surface area contributed by atoms with Crippen molar-refractivity contribution in [1.82, 2.24) is 4.90 Å². The van der Waals surface area contributed by atoms with Crippen LogP contribution in [-0.2, 0) is 14.4 Å². The maximum Gasteiger partial charge on any atom is 0.244 e. The molecule has 2 saturated carbocycles. The number of hydrogen-bond donors (Lipinski definition) is 1. The Hall–Kier alpha value is -3.12. The second-order valence-corrected chi connectivity index (χ2v) is 9.43. The number of anilines is 1. The van der Waals surface area contributed by atoms with Crippen molar-refractivity contribution in [2.24, 2.45) is 35.5 Å². The van der Waals surface area contributed by atoms with Crippen LogP contribution in [0.25, 0.3) is 0 Å². The molecule has 162 valence electrons. The molecule has 7 heteroatoms. The van der Waals surface area contributed by atoms with Gasteiger partial charge in [0.25, 0.3) is 0 Å². The lowest BCUT2D eigenvalue weighted by molar-refractivity contribution is -0.142. The monoisotopic (exact) mass is 448 g/mol. The fraction of sp³-hybridized carbons (Fsp3) is 0.320. The molecule has 3 amide bonds. The van der Waals surface area contributed by atoms with Gasteiger partial charge in [0, 0.05) is 5.69 Å². The molecule has 1 saturated heterocycles. The van der Waals surface area contributed by atoms with Crippen LogP contribution in [-0.4, -0.2) is 29.2 Å². The summed E-state index contributed by atoms with van der Waals surface area (Å²) in [6.07, 6.45) is 5.37. The molecule has 0 unspecified atom stereocenters. The quantitative estimate of drug-likeness (QED) is 0.551. The van der Waals surface area contributed by atoms with Crippen molar-refractivity contribution >= 4 is 35.0 Å². The third-order valence-electron chi connectivity index (χ3n) is 7.26. The highest BCUT2D eigenvalue weighted by Gasteiger charge is 2.67. The van der Waals surface area contributed by atoms with Gasteiger partial charge in [-0.25, -0.2) is 0 Å². The summed E-state index contributed by atoms with van der Waals surface area (Å²) in [5.41, 5.74) is 0.556. The molecule has 6 atom stereocenters. The summed E-state index contributed by atoms with van der Waals surface area (Å²) in [5.74, 6) is 1.18. The molecule has 32 heavy (non-hydrogen) atoms. The fourth-order valence-electron chi connectivity index (χ4n) is 5.78. The van der Waals surface area contributed by atoms with Gasteiger partial charge in [0.1, 0.15) is 18.0 Å². The summed E-state index contributed by atoms with van der Waals surface area (Å²) in [6.45, 7) is -0.253. The summed E-state index contributed by atoms with van der Waals surface area (Å²) >= 11 is 6.11. The molecule has 0 aromatic heterocycles. The van der Waals surface area contributed by atoms with Gasteiger partial charge >= 0.3 is 0 Å². The molecule has 0 spiro atoms. The van der Waals surface area contributed by atoms with Gasteiger partial charge in [-0.1, -0.05) is 35.9 Å². The van der Waals surface area contributed by atoms with E-state index in [1.54, 1.807) is 36.4 Å². The first-order chi connectivity index (χ1) is 15.5. The largest absolute Gasteiger partial charge is 0.456 e. The number of ether oxygens (including phenoxy) is 1. The van der Waals surface area contributed by atoms with Crippen molar-refractivity contribution in [1.29, 1.82) is 0 Å². The maximum atomic E-state index is 13.0. The van der Waals surface area contributed by atoms with E-state index < -0.39 is 5.91 Å². The standard InChI is InChI=1S/C25H21ClN2O4/c26-19-3-1-2-4-20(19)32-14-7-5-13(6-8-14)27-21(29)12-28-24(30)22-15-9-10-16(18-11-17(15)18)23(22)25(28)31/h1-10,15-18,22-23H,11-12H2,(H,27,29)/t15-,16+,17+,18-,22+,23-. The summed E-state index contributed by atoms with van der Waals surface area (Å²) in [5, 5.41) is 3.27. The molecule has 6 nitrogen and oxygen atoms in total. The van der Waals surface area contributed by atoms with Gasteiger partial charge < -0.3 is 10.1 Å². The number of nitrogens with one attached hydrogen (secondary N) is 1. The third kappa shape index (κ3) is 3.05. The minimum Gasteiger partial charge on any atom is -0.456 e. The zero-order valence-corrected chi connectivity index (χ0v) is 17.9. The molecule has 1 heterocycles. The first kappa shape index (κ1) is 19.6. The number of carbonyl (C=O) groups excluding carboxylic acids is 3. The number of rotatable bonds is 5. The SMILES string of the molecule is O=C(CN1C(=O)[C@@H]2[C@H]3C=C[C@H]([C@@H]4C[C@H]34)[C@@H]2C1=O)Nc1ccc(Oc2ccccc2Cl)cc1. The van der Waals surface area contributed by atoms with Crippen LogP contribution in [0.2, 0.25) is 5.02 Å². The molecule has 1 aliphatic heterocycles. The minimum atomic E-state index is -0.393. The topological polar surface area (TPSA) is 75.7 Å². The molecule has 1 N–H and O–H groups in total. The summed E-state index contributed by atoms with van der Waals surface area (Å²) in [7, 11) is 0. The molecule has 3 fully saturated rings. The zero-order valence-electron chi connectivity index (χ0n) is 17.1. The Morgan fingerprint density at radius 1 is 0.969 bits per heavy atom. The Morgan fingerprint density at radius 2 is 1.59 bits per heavy atom. The average molecular weight is 449 g/mol. The number of benzene rings is 2. The van der Waals surface area contributed by atoms with Crippen molar-refractivity contribution in [2.45, 2.75) is 6.42 Å². The lowest BCUT2D eigenvalue weighted by atomic mass is 9.63. The molecule has 2 aromatic carbocycles. The van der Waals surface area contributed by atoms with Crippen LogP contribution in [0.3, 0.4) is 0 Å². The molecular formula is C25H21ClN2O4. The molecule has 0 radical (unpaired) electrons. The van der Waals surface area contributed by atoms with E-state index in [9.17, 15) is 14.4 Å². The van der Waals surface area contributed by atoms with Crippen LogP contribution in [0.4, 0.5) is 5.69 Å². The van der Waals surface area contributed by atoms with Crippen LogP contribution in [0.1, 0.15) is 6.42 Å². The van der Waals surface area contributed by atoms with E-state index >= 15 is 0 Å². The number of imide groups is 1. The number of allylic oxidation sites excluding steroid dienone is 2. The molecule has 2 aromatic rings. The van der Waals surface area contributed by atoms with E-state index in [4.69, 9.17) is 16.3 Å². The summed E-state index contributed by atoms with van der Waals surface area (Å²) < 4.78 is 5.75.